The van der Waals surface area contributed by atoms with Crippen LogP contribution in [0.15, 0.2) is 0 Å². The first-order valence-electron chi connectivity index (χ1n) is 8.99. The van der Waals surface area contributed by atoms with Gasteiger partial charge in [0.15, 0.2) is 0 Å². The maximum absolute atomic E-state index is 10.1. The maximum Gasteiger partial charge on any atom is 0.0644 e. The smallest absolute Gasteiger partial charge is 0.0644 e. The number of rotatable bonds is 15. The minimum Gasteiger partial charge on any atom is -0.396 e. The second-order valence-electron chi connectivity index (χ2n) is 6.91. The van der Waals surface area contributed by atoms with Gasteiger partial charge in [-0.3, -0.25) is 0 Å². The molecular weight excluding hydrogens is 264 g/mol. The summed E-state index contributed by atoms with van der Waals surface area (Å²) in [6, 6.07) is 0. The van der Waals surface area contributed by atoms with Crippen molar-refractivity contribution in [3.8, 4) is 0 Å². The number of aliphatic hydroxyl groups is 3. The lowest BCUT2D eigenvalue weighted by atomic mass is 9.92. The zero-order valence-electron chi connectivity index (χ0n) is 14.3. The lowest BCUT2D eigenvalue weighted by Gasteiger charge is -2.24. The van der Waals surface area contributed by atoms with Crippen LogP contribution in [0.5, 0.6) is 0 Å². The number of aliphatic hydroxyl groups excluding tert-OH is 2. The van der Waals surface area contributed by atoms with Crippen molar-refractivity contribution in [1.29, 1.82) is 0 Å². The normalized spacial score (nSPS) is 15.9. The van der Waals surface area contributed by atoms with Gasteiger partial charge in [0.1, 0.15) is 0 Å². The van der Waals surface area contributed by atoms with Crippen molar-refractivity contribution in [2.45, 2.75) is 109 Å². The van der Waals surface area contributed by atoms with E-state index in [1.54, 1.807) is 6.92 Å². The Morgan fingerprint density at radius 3 is 1.52 bits per heavy atom. The molecule has 0 heterocycles. The van der Waals surface area contributed by atoms with Crippen molar-refractivity contribution in [2.75, 3.05) is 6.61 Å². The predicted octanol–water partition coefficient (Wildman–Crippen LogP) is 4.18. The molecule has 0 aliphatic heterocycles. The molecule has 128 valence electrons. The molecule has 0 spiro atoms. The van der Waals surface area contributed by atoms with Crippen LogP contribution in [0.25, 0.3) is 0 Å². The molecule has 3 N–H and O–H groups in total. The molecule has 3 nitrogen and oxygen atoms in total. The number of hydrogen-bond donors (Lipinski definition) is 3. The minimum atomic E-state index is -0.706. The molecule has 2 atom stereocenters. The van der Waals surface area contributed by atoms with Crippen molar-refractivity contribution >= 4 is 0 Å². The highest BCUT2D eigenvalue weighted by Gasteiger charge is 2.21. The molecule has 0 aromatic carbocycles. The van der Waals surface area contributed by atoms with E-state index in [0.29, 0.717) is 13.0 Å². The molecule has 0 aromatic heterocycles. The van der Waals surface area contributed by atoms with Crippen LogP contribution in [0.3, 0.4) is 0 Å². The second-order valence-corrected chi connectivity index (χ2v) is 6.91. The van der Waals surface area contributed by atoms with Gasteiger partial charge in [-0.2, -0.15) is 0 Å². The van der Waals surface area contributed by atoms with E-state index in [4.69, 9.17) is 5.11 Å². The van der Waals surface area contributed by atoms with Gasteiger partial charge in [-0.05, 0) is 26.7 Å². The highest BCUT2D eigenvalue weighted by atomic mass is 16.3. The summed E-state index contributed by atoms with van der Waals surface area (Å²) in [5.74, 6) is 0. The predicted molar refractivity (Wildman–Crippen MR) is 89.4 cm³/mol. The fourth-order valence-corrected chi connectivity index (χ4v) is 2.95. The summed E-state index contributed by atoms with van der Waals surface area (Å²) < 4.78 is 0. The molecule has 0 aromatic rings. The molecule has 0 aliphatic carbocycles. The first-order chi connectivity index (χ1) is 9.98. The van der Waals surface area contributed by atoms with Gasteiger partial charge >= 0.3 is 0 Å². The first kappa shape index (κ1) is 20.9. The van der Waals surface area contributed by atoms with E-state index >= 15 is 0 Å². The Hall–Kier alpha value is -0.120. The molecule has 0 amide bonds. The highest BCUT2D eigenvalue weighted by Crippen LogP contribution is 2.21. The third-order valence-corrected chi connectivity index (χ3v) is 4.11. The maximum atomic E-state index is 10.1. The van der Waals surface area contributed by atoms with Gasteiger partial charge in [-0.15, -0.1) is 0 Å². The van der Waals surface area contributed by atoms with E-state index in [2.05, 4.69) is 0 Å². The molecule has 0 aliphatic rings. The highest BCUT2D eigenvalue weighted by molar-refractivity contribution is 4.74. The SMILES string of the molecule is CC(O)CC(C)(O)CCCCCCCCCCCCCO. The summed E-state index contributed by atoms with van der Waals surface area (Å²) in [6.45, 7) is 3.90. The number of hydrogen-bond acceptors (Lipinski definition) is 3. The van der Waals surface area contributed by atoms with Crippen molar-refractivity contribution in [3.63, 3.8) is 0 Å². The summed E-state index contributed by atoms with van der Waals surface area (Å²) in [6.07, 6.45) is 14.3. The third kappa shape index (κ3) is 16.1. The largest absolute Gasteiger partial charge is 0.396 e. The molecule has 21 heavy (non-hydrogen) atoms. The Balaban J connectivity index is 3.22. The zero-order valence-corrected chi connectivity index (χ0v) is 14.3. The molecule has 0 bridgehead atoms. The molecule has 0 rings (SSSR count). The average Bonchev–Trinajstić information content (AvgIpc) is 2.38. The van der Waals surface area contributed by atoms with E-state index in [0.717, 1.165) is 19.3 Å². The minimum absolute atomic E-state index is 0.337. The first-order valence-corrected chi connectivity index (χ1v) is 8.99. The Bertz CT molecular complexity index is 215. The Kier molecular flexibility index (Phi) is 13.5. The van der Waals surface area contributed by atoms with Gasteiger partial charge in [0.25, 0.3) is 0 Å². The van der Waals surface area contributed by atoms with Crippen LogP contribution in [0.2, 0.25) is 0 Å². The third-order valence-electron chi connectivity index (χ3n) is 4.11. The summed E-state index contributed by atoms with van der Waals surface area (Å²) >= 11 is 0. The lowest BCUT2D eigenvalue weighted by Crippen LogP contribution is -2.28. The van der Waals surface area contributed by atoms with Crippen molar-refractivity contribution in [3.05, 3.63) is 0 Å². The van der Waals surface area contributed by atoms with E-state index in [1.807, 2.05) is 6.92 Å². The van der Waals surface area contributed by atoms with Gasteiger partial charge in [0.05, 0.1) is 11.7 Å². The van der Waals surface area contributed by atoms with Crippen LogP contribution in [0.4, 0.5) is 0 Å². The zero-order chi connectivity index (χ0) is 16.0. The summed E-state index contributed by atoms with van der Waals surface area (Å²) in [5.41, 5.74) is -0.706. The van der Waals surface area contributed by atoms with E-state index in [-0.39, 0.29) is 0 Å². The number of unbranched alkanes of at least 4 members (excludes halogenated alkanes) is 10. The van der Waals surface area contributed by atoms with Crippen LogP contribution in [-0.4, -0.2) is 33.6 Å². The summed E-state index contributed by atoms with van der Waals surface area (Å²) in [4.78, 5) is 0. The quantitative estimate of drug-likeness (QED) is 0.398. The van der Waals surface area contributed by atoms with Gasteiger partial charge in [-0.1, -0.05) is 64.2 Å². The molecule has 0 saturated heterocycles. The van der Waals surface area contributed by atoms with Crippen LogP contribution in [-0.2, 0) is 0 Å². The van der Waals surface area contributed by atoms with E-state index in [9.17, 15) is 10.2 Å². The topological polar surface area (TPSA) is 60.7 Å². The molecule has 2 unspecified atom stereocenters. The van der Waals surface area contributed by atoms with Crippen molar-refractivity contribution in [2.24, 2.45) is 0 Å². The van der Waals surface area contributed by atoms with Gasteiger partial charge in [0.2, 0.25) is 0 Å². The van der Waals surface area contributed by atoms with Crippen LogP contribution >= 0.6 is 0 Å². The van der Waals surface area contributed by atoms with Crippen LogP contribution in [0, 0.1) is 0 Å². The standard InChI is InChI=1S/C18H38O3/c1-17(20)16-18(2,21)14-12-10-8-6-4-3-5-7-9-11-13-15-19/h17,19-21H,3-16H2,1-2H3. The molecule has 0 saturated carbocycles. The fraction of sp³-hybridized carbons (Fsp3) is 1.00. The van der Waals surface area contributed by atoms with Crippen molar-refractivity contribution < 1.29 is 15.3 Å². The van der Waals surface area contributed by atoms with E-state index in [1.165, 1.54) is 57.8 Å². The molecule has 0 fully saturated rings. The Morgan fingerprint density at radius 2 is 1.14 bits per heavy atom. The van der Waals surface area contributed by atoms with Gasteiger partial charge < -0.3 is 15.3 Å². The monoisotopic (exact) mass is 302 g/mol. The second kappa shape index (κ2) is 13.5. The van der Waals surface area contributed by atoms with Crippen molar-refractivity contribution in [1.82, 2.24) is 0 Å². The van der Waals surface area contributed by atoms with Gasteiger partial charge in [-0.25, -0.2) is 0 Å². The molecule has 3 heteroatoms. The average molecular weight is 302 g/mol. The fourth-order valence-electron chi connectivity index (χ4n) is 2.95. The molecular formula is C18H38O3. The van der Waals surface area contributed by atoms with Crippen LogP contribution < -0.4 is 0 Å². The lowest BCUT2D eigenvalue weighted by molar-refractivity contribution is 0.000894. The van der Waals surface area contributed by atoms with Gasteiger partial charge in [0, 0.05) is 13.0 Å². The Morgan fingerprint density at radius 1 is 0.762 bits per heavy atom. The summed E-state index contributed by atoms with van der Waals surface area (Å²) in [5, 5.41) is 28.1. The van der Waals surface area contributed by atoms with E-state index < -0.39 is 11.7 Å². The Labute approximate surface area is 131 Å². The van der Waals surface area contributed by atoms with Crippen LogP contribution in [0.1, 0.15) is 97.3 Å². The molecule has 0 radical (unpaired) electrons. The summed E-state index contributed by atoms with van der Waals surface area (Å²) in [7, 11) is 0.